The largest absolute Gasteiger partial charge is 0.481 e. The number of fused-ring (bicyclic) bond motifs is 1. The number of nitrogens with one attached hydrogen (secondary N) is 1. The molecule has 3 aromatic rings. The summed E-state index contributed by atoms with van der Waals surface area (Å²) in [5.41, 5.74) is 1.58. The molecule has 45 heavy (non-hydrogen) atoms. The van der Waals surface area contributed by atoms with Gasteiger partial charge >= 0.3 is 5.97 Å². The van der Waals surface area contributed by atoms with E-state index in [4.69, 9.17) is 27.9 Å². The molecule has 2 N–H and O–H groups in total. The number of likely N-dealkylation sites (tertiary alicyclic amines) is 2. The number of benzene rings is 2. The summed E-state index contributed by atoms with van der Waals surface area (Å²) in [4.78, 5) is 42.8. The topological polar surface area (TPSA) is 99.2 Å². The summed E-state index contributed by atoms with van der Waals surface area (Å²) in [7, 11) is 0. The molecule has 6 rings (SSSR count). The highest BCUT2D eigenvalue weighted by atomic mass is 35.5. The van der Waals surface area contributed by atoms with E-state index >= 15 is 0 Å². The van der Waals surface area contributed by atoms with Crippen molar-refractivity contribution in [3.63, 3.8) is 0 Å². The minimum atomic E-state index is -0.726. The molecule has 0 spiro atoms. The Morgan fingerprint density at radius 3 is 2.51 bits per heavy atom. The van der Waals surface area contributed by atoms with Crippen LogP contribution in [-0.2, 0) is 20.7 Å². The summed E-state index contributed by atoms with van der Waals surface area (Å²) in [6.45, 7) is 3.19. The van der Waals surface area contributed by atoms with Crippen LogP contribution in [0.3, 0.4) is 0 Å². The van der Waals surface area contributed by atoms with Gasteiger partial charge in [-0.3, -0.25) is 19.3 Å². The highest BCUT2D eigenvalue weighted by Gasteiger charge is 2.39. The highest BCUT2D eigenvalue weighted by molar-refractivity contribution is 7.17. The van der Waals surface area contributed by atoms with Crippen LogP contribution in [0.5, 0.6) is 0 Å². The van der Waals surface area contributed by atoms with Crippen LogP contribution in [0.25, 0.3) is 10.1 Å². The van der Waals surface area contributed by atoms with Crippen molar-refractivity contribution in [2.45, 2.75) is 76.0 Å². The number of ether oxygens (including phenoxy) is 1. The molecule has 3 fully saturated rings. The minimum Gasteiger partial charge on any atom is -0.481 e. The maximum atomic E-state index is 13.8. The molecule has 2 atom stereocenters. The monoisotopic (exact) mass is 671 g/mol. The number of aliphatic carboxylic acids is 1. The number of amides is 2. The number of carbonyl (C=O) groups is 3. The molecular formula is C34H39Cl2N3O5S. The number of carboxylic acid groups (broad SMARTS) is 1. The summed E-state index contributed by atoms with van der Waals surface area (Å²) in [6.07, 6.45) is 7.29. The van der Waals surface area contributed by atoms with Gasteiger partial charge in [0.05, 0.1) is 47.4 Å². The molecule has 3 heterocycles. The van der Waals surface area contributed by atoms with E-state index in [0.717, 1.165) is 42.4 Å². The number of carboxylic acids is 1. The van der Waals surface area contributed by atoms with Crippen LogP contribution in [0.4, 0.5) is 5.69 Å². The van der Waals surface area contributed by atoms with Crippen molar-refractivity contribution >= 4 is 68.1 Å². The number of rotatable bonds is 9. The third-order valence-electron chi connectivity index (χ3n) is 9.62. The minimum absolute atomic E-state index is 0.0228. The number of anilines is 1. The van der Waals surface area contributed by atoms with Gasteiger partial charge in [0.15, 0.2) is 0 Å². The van der Waals surface area contributed by atoms with Crippen LogP contribution in [0.1, 0.15) is 67.3 Å². The predicted molar refractivity (Wildman–Crippen MR) is 179 cm³/mol. The molecule has 1 aliphatic carbocycles. The van der Waals surface area contributed by atoms with Crippen LogP contribution >= 0.6 is 34.5 Å². The number of hydrogen-bond donors (Lipinski definition) is 2. The summed E-state index contributed by atoms with van der Waals surface area (Å²) >= 11 is 14.8. The molecule has 0 radical (unpaired) electrons. The molecule has 0 bridgehead atoms. The SMILES string of the molecule is O=C(Nc1cc(Cl)c(CC(=O)N2C[C@@H](N3CCCCC3)C[C@H]2CO[C@H]2CC[C@H](C(=O)O)CC2)cc1Cl)c1csc2ccccc12. The summed E-state index contributed by atoms with van der Waals surface area (Å²) in [5, 5.41) is 15.6. The number of nitrogens with zero attached hydrogens (tertiary/aromatic N) is 2. The molecule has 0 unspecified atom stereocenters. The van der Waals surface area contributed by atoms with E-state index in [-0.39, 0.29) is 42.3 Å². The van der Waals surface area contributed by atoms with Crippen LogP contribution in [0, 0.1) is 5.92 Å². The molecule has 8 nitrogen and oxygen atoms in total. The first-order chi connectivity index (χ1) is 21.8. The molecule has 1 aromatic heterocycles. The number of thiophene rings is 1. The Hall–Kier alpha value is -2.69. The third-order valence-corrected chi connectivity index (χ3v) is 11.2. The second kappa shape index (κ2) is 14.4. The molecule has 1 saturated carbocycles. The fraction of sp³-hybridized carbons (Fsp3) is 0.500. The number of hydrogen-bond acceptors (Lipinski definition) is 6. The molecular weight excluding hydrogens is 633 g/mol. The van der Waals surface area contributed by atoms with E-state index in [1.807, 2.05) is 34.5 Å². The predicted octanol–water partition coefficient (Wildman–Crippen LogP) is 7.12. The molecule has 2 aromatic carbocycles. The Morgan fingerprint density at radius 1 is 1.00 bits per heavy atom. The van der Waals surface area contributed by atoms with E-state index in [9.17, 15) is 19.5 Å². The van der Waals surface area contributed by atoms with Crippen molar-refractivity contribution in [2.24, 2.45) is 5.92 Å². The lowest BCUT2D eigenvalue weighted by Gasteiger charge is -2.32. The third kappa shape index (κ3) is 7.49. The zero-order valence-electron chi connectivity index (χ0n) is 25.2. The second-order valence-corrected chi connectivity index (χ2v) is 14.3. The molecule has 11 heteroatoms. The van der Waals surface area contributed by atoms with Crippen molar-refractivity contribution in [1.29, 1.82) is 0 Å². The lowest BCUT2D eigenvalue weighted by molar-refractivity contribution is -0.144. The van der Waals surface area contributed by atoms with Gasteiger partial charge in [-0.15, -0.1) is 11.3 Å². The highest BCUT2D eigenvalue weighted by Crippen LogP contribution is 2.34. The van der Waals surface area contributed by atoms with Gasteiger partial charge in [-0.25, -0.2) is 0 Å². The summed E-state index contributed by atoms with van der Waals surface area (Å²) in [6, 6.07) is 11.3. The van der Waals surface area contributed by atoms with Crippen LogP contribution in [-0.4, -0.2) is 77.1 Å². The van der Waals surface area contributed by atoms with E-state index in [1.54, 1.807) is 12.1 Å². The molecule has 3 aliphatic rings. The zero-order valence-corrected chi connectivity index (χ0v) is 27.5. The molecule has 2 aliphatic heterocycles. The van der Waals surface area contributed by atoms with Gasteiger partial charge in [-0.05, 0) is 81.8 Å². The lowest BCUT2D eigenvalue weighted by atomic mass is 9.87. The Balaban J connectivity index is 1.12. The summed E-state index contributed by atoms with van der Waals surface area (Å²) in [5.74, 6) is -1.31. The van der Waals surface area contributed by atoms with Crippen LogP contribution in [0.2, 0.25) is 10.0 Å². The van der Waals surface area contributed by atoms with Crippen molar-refractivity contribution in [3.05, 3.63) is 63.0 Å². The standard InChI is InChI=1S/C34H39Cl2N3O5S/c35-28-17-30(37-33(41)27-20-45-31-7-3-2-6-26(27)31)29(36)14-22(28)15-32(40)39-18-23(38-12-4-1-5-13-38)16-24(39)19-44-25-10-8-21(9-11-25)34(42)43/h2-3,6-7,14,17,20-21,23-25H,1,4-5,8-13,15-16,18-19H2,(H,37,41)(H,42,43)/t21-,23-,24-,25-/m0/s1. The molecule has 2 saturated heterocycles. The van der Waals surface area contributed by atoms with Gasteiger partial charge in [0.2, 0.25) is 5.91 Å². The Kier molecular flexibility index (Phi) is 10.3. The second-order valence-electron chi connectivity index (χ2n) is 12.5. The first-order valence-electron chi connectivity index (χ1n) is 15.9. The van der Waals surface area contributed by atoms with Gasteiger partial charge in [0.25, 0.3) is 5.91 Å². The Bertz CT molecular complexity index is 1550. The molecule has 240 valence electrons. The Labute approximate surface area is 277 Å². The number of carbonyl (C=O) groups excluding carboxylic acids is 2. The maximum absolute atomic E-state index is 13.8. The van der Waals surface area contributed by atoms with Crippen LogP contribution in [0.15, 0.2) is 41.8 Å². The smallest absolute Gasteiger partial charge is 0.306 e. The maximum Gasteiger partial charge on any atom is 0.306 e. The average Bonchev–Trinajstić information content (AvgIpc) is 3.68. The van der Waals surface area contributed by atoms with Gasteiger partial charge in [0.1, 0.15) is 0 Å². The summed E-state index contributed by atoms with van der Waals surface area (Å²) < 4.78 is 7.35. The Morgan fingerprint density at radius 2 is 1.76 bits per heavy atom. The molecule has 2 amide bonds. The number of halogens is 2. The normalized spacial score (nSPS) is 24.2. The van der Waals surface area contributed by atoms with Gasteiger partial charge in [-0.1, -0.05) is 47.8 Å². The fourth-order valence-corrected chi connectivity index (χ4v) is 8.46. The van der Waals surface area contributed by atoms with Crippen LogP contribution < -0.4 is 5.32 Å². The van der Waals surface area contributed by atoms with E-state index < -0.39 is 5.97 Å². The average molecular weight is 673 g/mol. The quantitative estimate of drug-likeness (QED) is 0.251. The van der Waals surface area contributed by atoms with Gasteiger partial charge in [0, 0.05) is 33.1 Å². The van der Waals surface area contributed by atoms with E-state index in [1.165, 1.54) is 30.6 Å². The van der Waals surface area contributed by atoms with Crippen molar-refractivity contribution in [1.82, 2.24) is 9.80 Å². The van der Waals surface area contributed by atoms with Crippen molar-refractivity contribution < 1.29 is 24.2 Å². The van der Waals surface area contributed by atoms with Gasteiger partial charge < -0.3 is 20.1 Å². The fourth-order valence-electron chi connectivity index (χ4n) is 7.05. The van der Waals surface area contributed by atoms with Crippen molar-refractivity contribution in [3.8, 4) is 0 Å². The van der Waals surface area contributed by atoms with E-state index in [0.29, 0.717) is 52.9 Å². The first kappa shape index (κ1) is 32.3. The zero-order chi connectivity index (χ0) is 31.5. The van der Waals surface area contributed by atoms with E-state index in [2.05, 4.69) is 10.2 Å². The first-order valence-corrected chi connectivity index (χ1v) is 17.5. The number of piperidine rings is 1. The van der Waals surface area contributed by atoms with Gasteiger partial charge in [-0.2, -0.15) is 0 Å². The van der Waals surface area contributed by atoms with Crippen molar-refractivity contribution in [2.75, 3.05) is 31.6 Å². The lowest BCUT2D eigenvalue weighted by Crippen LogP contribution is -2.43.